The van der Waals surface area contributed by atoms with Crippen molar-refractivity contribution in [1.29, 1.82) is 0 Å². The number of aromatic nitrogens is 4. The Morgan fingerprint density at radius 2 is 1.70 bits per heavy atom. The van der Waals surface area contributed by atoms with E-state index in [1.807, 2.05) is 48.5 Å². The second-order valence-electron chi connectivity index (χ2n) is 7.11. The summed E-state index contributed by atoms with van der Waals surface area (Å²) in [5.74, 6) is 2.14. The van der Waals surface area contributed by atoms with Crippen LogP contribution in [0.4, 0.5) is 0 Å². The molecule has 0 aliphatic carbocycles. The summed E-state index contributed by atoms with van der Waals surface area (Å²) >= 11 is 0. The number of benzene rings is 2. The zero-order chi connectivity index (χ0) is 23.2. The van der Waals surface area contributed by atoms with Gasteiger partial charge in [-0.25, -0.2) is 9.67 Å². The third kappa shape index (κ3) is 5.09. The van der Waals surface area contributed by atoms with Crippen LogP contribution in [0, 0.1) is 6.92 Å². The average molecular weight is 445 g/mol. The molecule has 33 heavy (non-hydrogen) atoms. The molecule has 0 fully saturated rings. The van der Waals surface area contributed by atoms with Crippen LogP contribution >= 0.6 is 0 Å². The Hall–Kier alpha value is -4.40. The van der Waals surface area contributed by atoms with E-state index < -0.39 is 0 Å². The van der Waals surface area contributed by atoms with Gasteiger partial charge in [0.25, 0.3) is 5.91 Å². The highest BCUT2D eigenvalue weighted by Gasteiger charge is 2.17. The van der Waals surface area contributed by atoms with Crippen LogP contribution in [0.5, 0.6) is 23.1 Å². The lowest BCUT2D eigenvalue weighted by Crippen LogP contribution is -2.24. The summed E-state index contributed by atoms with van der Waals surface area (Å²) in [6.07, 6.45) is 1.65. The van der Waals surface area contributed by atoms with Crippen molar-refractivity contribution in [2.75, 3.05) is 14.2 Å². The molecule has 1 amide bonds. The molecule has 0 saturated carbocycles. The quantitative estimate of drug-likeness (QED) is 0.441. The Morgan fingerprint density at radius 3 is 2.42 bits per heavy atom. The fourth-order valence-corrected chi connectivity index (χ4v) is 3.15. The van der Waals surface area contributed by atoms with Gasteiger partial charge in [0.1, 0.15) is 17.2 Å². The number of carbonyl (C=O) groups excluding carboxylic acids is 1. The zero-order valence-electron chi connectivity index (χ0n) is 18.5. The van der Waals surface area contributed by atoms with Crippen LogP contribution < -0.4 is 19.5 Å². The van der Waals surface area contributed by atoms with Gasteiger partial charge >= 0.3 is 0 Å². The standard InChI is InChI=1S/C24H23N5O4/c1-16-23(27-28-29(16)18-6-4-7-19(12-18)31-2)24(30)26-15-17-10-11-22(25-14-17)33-21-9-5-8-20(13-21)32-3/h4-14H,15H2,1-3H3,(H,26,30). The summed E-state index contributed by atoms with van der Waals surface area (Å²) in [6.45, 7) is 2.08. The number of rotatable bonds is 8. The predicted molar refractivity (Wildman–Crippen MR) is 121 cm³/mol. The van der Waals surface area contributed by atoms with Gasteiger partial charge in [-0.1, -0.05) is 23.4 Å². The lowest BCUT2D eigenvalue weighted by Gasteiger charge is -2.08. The van der Waals surface area contributed by atoms with E-state index in [1.54, 1.807) is 44.2 Å². The molecule has 2 heterocycles. The highest BCUT2D eigenvalue weighted by molar-refractivity contribution is 5.93. The normalized spacial score (nSPS) is 10.5. The van der Waals surface area contributed by atoms with E-state index in [1.165, 1.54) is 0 Å². The number of methoxy groups -OCH3 is 2. The number of amides is 1. The van der Waals surface area contributed by atoms with E-state index in [9.17, 15) is 4.79 Å². The van der Waals surface area contributed by atoms with Crippen molar-refractivity contribution in [3.8, 4) is 28.8 Å². The molecule has 0 spiro atoms. The second kappa shape index (κ2) is 9.82. The third-order valence-electron chi connectivity index (χ3n) is 4.92. The van der Waals surface area contributed by atoms with Gasteiger partial charge < -0.3 is 19.5 Å². The Morgan fingerprint density at radius 1 is 0.970 bits per heavy atom. The molecule has 0 unspecified atom stereocenters. The van der Waals surface area contributed by atoms with Crippen molar-refractivity contribution in [2.45, 2.75) is 13.5 Å². The van der Waals surface area contributed by atoms with Crippen LogP contribution in [0.1, 0.15) is 21.7 Å². The molecule has 4 rings (SSSR count). The fourth-order valence-electron chi connectivity index (χ4n) is 3.15. The first-order valence-electron chi connectivity index (χ1n) is 10.2. The molecular formula is C24H23N5O4. The predicted octanol–water partition coefficient (Wildman–Crippen LogP) is 3.71. The van der Waals surface area contributed by atoms with Crippen molar-refractivity contribution in [3.05, 3.63) is 83.8 Å². The Bertz CT molecular complexity index is 1250. The smallest absolute Gasteiger partial charge is 0.274 e. The van der Waals surface area contributed by atoms with Crippen LogP contribution in [0.25, 0.3) is 5.69 Å². The van der Waals surface area contributed by atoms with Crippen LogP contribution in [-0.2, 0) is 6.54 Å². The van der Waals surface area contributed by atoms with E-state index in [-0.39, 0.29) is 18.1 Å². The molecule has 0 aliphatic rings. The van der Waals surface area contributed by atoms with E-state index in [2.05, 4.69) is 20.6 Å². The first-order chi connectivity index (χ1) is 16.1. The summed E-state index contributed by atoms with van der Waals surface area (Å²) < 4.78 is 17.8. The molecule has 0 radical (unpaired) electrons. The first-order valence-corrected chi connectivity index (χ1v) is 10.2. The number of ether oxygens (including phenoxy) is 3. The lowest BCUT2D eigenvalue weighted by molar-refractivity contribution is 0.0945. The maximum Gasteiger partial charge on any atom is 0.274 e. The van der Waals surface area contributed by atoms with Gasteiger partial charge in [-0.15, -0.1) is 5.10 Å². The molecule has 9 heteroatoms. The molecular weight excluding hydrogens is 422 g/mol. The molecule has 9 nitrogen and oxygen atoms in total. The SMILES string of the molecule is COc1cccc(Oc2ccc(CNC(=O)c3nnn(-c4cccc(OC)c4)c3C)cn2)c1. The number of hydrogen-bond acceptors (Lipinski definition) is 7. The van der Waals surface area contributed by atoms with Crippen molar-refractivity contribution in [1.82, 2.24) is 25.3 Å². The lowest BCUT2D eigenvalue weighted by atomic mass is 10.2. The van der Waals surface area contributed by atoms with Gasteiger partial charge in [-0.05, 0) is 36.8 Å². The number of nitrogens with one attached hydrogen (secondary N) is 1. The summed E-state index contributed by atoms with van der Waals surface area (Å²) in [4.78, 5) is 17.0. The highest BCUT2D eigenvalue weighted by Crippen LogP contribution is 2.24. The highest BCUT2D eigenvalue weighted by atomic mass is 16.5. The first kappa shape index (κ1) is 21.8. The van der Waals surface area contributed by atoms with Gasteiger partial charge in [0.2, 0.25) is 5.88 Å². The number of pyridine rings is 1. The minimum Gasteiger partial charge on any atom is -0.497 e. The fraction of sp³-hybridized carbons (Fsp3) is 0.167. The van der Waals surface area contributed by atoms with E-state index in [0.29, 0.717) is 28.8 Å². The van der Waals surface area contributed by atoms with Gasteiger partial charge in [-0.3, -0.25) is 4.79 Å². The number of carbonyl (C=O) groups is 1. The Balaban J connectivity index is 1.38. The molecule has 1 N–H and O–H groups in total. The largest absolute Gasteiger partial charge is 0.497 e. The van der Waals surface area contributed by atoms with Crippen LogP contribution in [0.15, 0.2) is 66.9 Å². The van der Waals surface area contributed by atoms with E-state index in [4.69, 9.17) is 14.2 Å². The molecule has 0 aliphatic heterocycles. The van der Waals surface area contributed by atoms with Crippen molar-refractivity contribution in [2.24, 2.45) is 0 Å². The van der Waals surface area contributed by atoms with Crippen LogP contribution in [0.3, 0.4) is 0 Å². The molecule has 2 aromatic heterocycles. The van der Waals surface area contributed by atoms with Crippen LogP contribution in [-0.4, -0.2) is 40.1 Å². The van der Waals surface area contributed by atoms with Gasteiger partial charge in [0, 0.05) is 30.9 Å². The molecule has 2 aromatic carbocycles. The van der Waals surface area contributed by atoms with Gasteiger partial charge in [-0.2, -0.15) is 0 Å². The van der Waals surface area contributed by atoms with Crippen LogP contribution in [0.2, 0.25) is 0 Å². The number of nitrogens with zero attached hydrogens (tertiary/aromatic N) is 4. The molecule has 0 saturated heterocycles. The van der Waals surface area contributed by atoms with Crippen molar-refractivity contribution >= 4 is 5.91 Å². The minimum absolute atomic E-state index is 0.253. The maximum atomic E-state index is 12.7. The average Bonchev–Trinajstić information content (AvgIpc) is 3.25. The molecule has 0 atom stereocenters. The minimum atomic E-state index is -0.321. The Labute approximate surface area is 190 Å². The third-order valence-corrected chi connectivity index (χ3v) is 4.92. The second-order valence-corrected chi connectivity index (χ2v) is 7.11. The van der Waals surface area contributed by atoms with Gasteiger partial charge in [0.15, 0.2) is 5.69 Å². The summed E-state index contributed by atoms with van der Waals surface area (Å²) in [6, 6.07) is 18.2. The maximum absolute atomic E-state index is 12.7. The van der Waals surface area contributed by atoms with Gasteiger partial charge in [0.05, 0.1) is 25.6 Å². The topological polar surface area (TPSA) is 100 Å². The number of hydrogen-bond donors (Lipinski definition) is 1. The van der Waals surface area contributed by atoms with E-state index >= 15 is 0 Å². The van der Waals surface area contributed by atoms with E-state index in [0.717, 1.165) is 11.3 Å². The molecule has 4 aromatic rings. The monoisotopic (exact) mass is 445 g/mol. The summed E-state index contributed by atoms with van der Waals surface area (Å²) in [7, 11) is 3.19. The Kier molecular flexibility index (Phi) is 6.49. The summed E-state index contributed by atoms with van der Waals surface area (Å²) in [5, 5.41) is 11.0. The molecule has 168 valence electrons. The zero-order valence-corrected chi connectivity index (χ0v) is 18.5. The summed E-state index contributed by atoms with van der Waals surface area (Å²) in [5.41, 5.74) is 2.46. The van der Waals surface area contributed by atoms with Crippen molar-refractivity contribution in [3.63, 3.8) is 0 Å². The van der Waals surface area contributed by atoms with Crippen molar-refractivity contribution < 1.29 is 19.0 Å². The molecule has 0 bridgehead atoms.